The summed E-state index contributed by atoms with van der Waals surface area (Å²) < 4.78 is 0. The van der Waals surface area contributed by atoms with Crippen molar-refractivity contribution in [2.45, 2.75) is 50.9 Å². The molecular formula is C17H24N2OS. The molecule has 1 saturated heterocycles. The van der Waals surface area contributed by atoms with Gasteiger partial charge in [-0.3, -0.25) is 10.1 Å². The number of carbonyl (C=O) groups is 1. The van der Waals surface area contributed by atoms with Crippen LogP contribution in [0, 0.1) is 6.92 Å². The molecule has 1 amide bonds. The van der Waals surface area contributed by atoms with E-state index in [2.05, 4.69) is 54.6 Å². The molecule has 1 aromatic carbocycles. The number of thioether (sulfide) groups is 1. The zero-order valence-electron chi connectivity index (χ0n) is 13.1. The molecule has 2 atom stereocenters. The lowest BCUT2D eigenvalue weighted by atomic mass is 10.0. The van der Waals surface area contributed by atoms with Crippen molar-refractivity contribution in [3.05, 3.63) is 35.4 Å². The van der Waals surface area contributed by atoms with E-state index >= 15 is 0 Å². The number of rotatable bonds is 5. The fraction of sp³-hybridized carbons (Fsp3) is 0.588. The number of nitrogens with one attached hydrogen (secondary N) is 1. The van der Waals surface area contributed by atoms with E-state index in [9.17, 15) is 4.79 Å². The van der Waals surface area contributed by atoms with Crippen LogP contribution in [0.2, 0.25) is 0 Å². The maximum atomic E-state index is 12.9. The lowest BCUT2D eigenvalue weighted by Crippen LogP contribution is -2.41. The van der Waals surface area contributed by atoms with E-state index in [-0.39, 0.29) is 11.7 Å². The van der Waals surface area contributed by atoms with Crippen LogP contribution in [0.4, 0.5) is 0 Å². The van der Waals surface area contributed by atoms with Crippen molar-refractivity contribution in [1.82, 2.24) is 10.2 Å². The SMILES string of the molecule is CCC(CSC)N1C(=O)C2(CC2)NC1c1ccccc1C. The Labute approximate surface area is 131 Å². The first kappa shape index (κ1) is 14.9. The summed E-state index contributed by atoms with van der Waals surface area (Å²) >= 11 is 1.82. The van der Waals surface area contributed by atoms with E-state index in [0.29, 0.717) is 11.9 Å². The largest absolute Gasteiger partial charge is 0.317 e. The Kier molecular flexibility index (Phi) is 4.02. The molecular weight excluding hydrogens is 280 g/mol. The molecule has 1 aliphatic heterocycles. The monoisotopic (exact) mass is 304 g/mol. The van der Waals surface area contributed by atoms with Crippen LogP contribution in [0.15, 0.2) is 24.3 Å². The topological polar surface area (TPSA) is 32.3 Å². The van der Waals surface area contributed by atoms with Gasteiger partial charge in [0.25, 0.3) is 0 Å². The van der Waals surface area contributed by atoms with Gasteiger partial charge in [-0.25, -0.2) is 0 Å². The number of aryl methyl sites for hydroxylation is 1. The molecule has 3 rings (SSSR count). The lowest BCUT2D eigenvalue weighted by molar-refractivity contribution is -0.132. The van der Waals surface area contributed by atoms with Crippen molar-refractivity contribution in [2.75, 3.05) is 12.0 Å². The molecule has 1 aliphatic carbocycles. The van der Waals surface area contributed by atoms with Crippen LogP contribution in [0.25, 0.3) is 0 Å². The third kappa shape index (κ3) is 2.49. The normalized spacial score (nSPS) is 24.6. The van der Waals surface area contributed by atoms with Crippen LogP contribution in [-0.2, 0) is 4.79 Å². The maximum absolute atomic E-state index is 12.9. The highest BCUT2D eigenvalue weighted by Crippen LogP contribution is 2.47. The number of hydrogen-bond donors (Lipinski definition) is 1. The number of benzene rings is 1. The summed E-state index contributed by atoms with van der Waals surface area (Å²) in [6.45, 7) is 4.31. The minimum Gasteiger partial charge on any atom is -0.317 e. The number of hydrogen-bond acceptors (Lipinski definition) is 3. The average Bonchev–Trinajstić information content (AvgIpc) is 3.21. The molecule has 1 saturated carbocycles. The summed E-state index contributed by atoms with van der Waals surface area (Å²) in [5, 5.41) is 3.64. The van der Waals surface area contributed by atoms with Crippen LogP contribution in [0.3, 0.4) is 0 Å². The Bertz CT molecular complexity index is 541. The van der Waals surface area contributed by atoms with E-state index in [1.54, 1.807) is 0 Å². The molecule has 1 heterocycles. The summed E-state index contributed by atoms with van der Waals surface area (Å²) in [7, 11) is 0. The molecule has 0 radical (unpaired) electrons. The summed E-state index contributed by atoms with van der Waals surface area (Å²) in [5.74, 6) is 1.32. The van der Waals surface area contributed by atoms with Gasteiger partial charge >= 0.3 is 0 Å². The predicted octanol–water partition coefficient (Wildman–Crippen LogP) is 3.10. The van der Waals surface area contributed by atoms with E-state index in [0.717, 1.165) is 25.0 Å². The zero-order valence-corrected chi connectivity index (χ0v) is 13.9. The summed E-state index contributed by atoms with van der Waals surface area (Å²) in [6.07, 6.45) is 5.14. The van der Waals surface area contributed by atoms with Gasteiger partial charge in [-0.1, -0.05) is 31.2 Å². The molecule has 114 valence electrons. The van der Waals surface area contributed by atoms with Crippen LogP contribution in [-0.4, -0.2) is 34.4 Å². The Morgan fingerprint density at radius 3 is 2.71 bits per heavy atom. The quantitative estimate of drug-likeness (QED) is 0.907. The molecule has 1 aromatic rings. The molecule has 3 nitrogen and oxygen atoms in total. The second kappa shape index (κ2) is 5.65. The van der Waals surface area contributed by atoms with E-state index in [4.69, 9.17) is 0 Å². The van der Waals surface area contributed by atoms with Gasteiger partial charge in [-0.05, 0) is 43.6 Å². The number of amides is 1. The highest BCUT2D eigenvalue weighted by Gasteiger charge is 2.60. The van der Waals surface area contributed by atoms with E-state index in [1.807, 2.05) is 11.8 Å². The highest BCUT2D eigenvalue weighted by atomic mass is 32.2. The molecule has 2 aliphatic rings. The standard InChI is InChI=1S/C17H24N2OS/c1-4-13(11-21-3)19-15(14-8-6-5-7-12(14)2)18-17(9-10-17)16(19)20/h5-8,13,15,18H,4,9-11H2,1-3H3. The first-order chi connectivity index (χ1) is 10.1. The van der Waals surface area contributed by atoms with Crippen LogP contribution in [0.5, 0.6) is 0 Å². The van der Waals surface area contributed by atoms with Crippen molar-refractivity contribution in [1.29, 1.82) is 0 Å². The second-order valence-electron chi connectivity index (χ2n) is 6.22. The third-order valence-electron chi connectivity index (χ3n) is 4.79. The van der Waals surface area contributed by atoms with E-state index < -0.39 is 0 Å². The van der Waals surface area contributed by atoms with Crippen molar-refractivity contribution < 1.29 is 4.79 Å². The van der Waals surface area contributed by atoms with Gasteiger partial charge in [0.2, 0.25) is 5.91 Å². The fourth-order valence-electron chi connectivity index (χ4n) is 3.33. The minimum absolute atomic E-state index is 0.0401. The highest BCUT2D eigenvalue weighted by molar-refractivity contribution is 7.98. The first-order valence-corrected chi connectivity index (χ1v) is 9.17. The number of nitrogens with zero attached hydrogens (tertiary/aromatic N) is 1. The smallest absolute Gasteiger partial charge is 0.244 e. The Morgan fingerprint density at radius 1 is 1.43 bits per heavy atom. The Morgan fingerprint density at radius 2 is 2.14 bits per heavy atom. The molecule has 21 heavy (non-hydrogen) atoms. The first-order valence-electron chi connectivity index (χ1n) is 7.78. The second-order valence-corrected chi connectivity index (χ2v) is 7.13. The minimum atomic E-state index is -0.251. The van der Waals surface area contributed by atoms with E-state index in [1.165, 1.54) is 11.1 Å². The fourth-order valence-corrected chi connectivity index (χ4v) is 4.11. The lowest BCUT2D eigenvalue weighted by Gasteiger charge is -2.32. The number of carbonyl (C=O) groups excluding carboxylic acids is 1. The summed E-state index contributed by atoms with van der Waals surface area (Å²) in [4.78, 5) is 15.0. The average molecular weight is 304 g/mol. The van der Waals surface area contributed by atoms with Crippen LogP contribution >= 0.6 is 11.8 Å². The molecule has 2 unspecified atom stereocenters. The molecule has 0 bridgehead atoms. The Hall–Kier alpha value is -1.00. The third-order valence-corrected chi connectivity index (χ3v) is 5.51. The van der Waals surface area contributed by atoms with Crippen molar-refractivity contribution >= 4 is 17.7 Å². The van der Waals surface area contributed by atoms with Crippen molar-refractivity contribution in [3.8, 4) is 0 Å². The molecule has 1 N–H and O–H groups in total. The molecule has 1 spiro atoms. The van der Waals surface area contributed by atoms with Crippen molar-refractivity contribution in [3.63, 3.8) is 0 Å². The Balaban J connectivity index is 1.97. The van der Waals surface area contributed by atoms with Crippen LogP contribution in [0.1, 0.15) is 43.5 Å². The van der Waals surface area contributed by atoms with Gasteiger partial charge in [0, 0.05) is 11.8 Å². The predicted molar refractivity (Wildman–Crippen MR) is 88.3 cm³/mol. The van der Waals surface area contributed by atoms with Gasteiger partial charge in [-0.15, -0.1) is 0 Å². The van der Waals surface area contributed by atoms with Crippen molar-refractivity contribution in [2.24, 2.45) is 0 Å². The molecule has 4 heteroatoms. The molecule has 2 fully saturated rings. The summed E-state index contributed by atoms with van der Waals surface area (Å²) in [6, 6.07) is 8.73. The zero-order chi connectivity index (χ0) is 15.0. The maximum Gasteiger partial charge on any atom is 0.244 e. The van der Waals surface area contributed by atoms with Gasteiger partial charge in [0.05, 0.1) is 0 Å². The van der Waals surface area contributed by atoms with Gasteiger partial charge in [0.15, 0.2) is 0 Å². The van der Waals surface area contributed by atoms with Gasteiger partial charge in [-0.2, -0.15) is 11.8 Å². The van der Waals surface area contributed by atoms with Crippen LogP contribution < -0.4 is 5.32 Å². The van der Waals surface area contributed by atoms with Gasteiger partial charge in [0.1, 0.15) is 11.7 Å². The van der Waals surface area contributed by atoms with Gasteiger partial charge < -0.3 is 4.90 Å². The summed E-state index contributed by atoms with van der Waals surface area (Å²) in [5.41, 5.74) is 2.25. The molecule has 0 aromatic heterocycles.